The molecule has 0 saturated heterocycles. The molecule has 5 nitrogen and oxygen atoms in total. The maximum atomic E-state index is 12.0. The van der Waals surface area contributed by atoms with Crippen LogP contribution in [0.15, 0.2) is 12.1 Å². The van der Waals surface area contributed by atoms with E-state index in [4.69, 9.17) is 15.3 Å². The van der Waals surface area contributed by atoms with Gasteiger partial charge in [-0.15, -0.1) is 6.42 Å². The van der Waals surface area contributed by atoms with Gasteiger partial charge in [0.25, 0.3) is 0 Å². The lowest BCUT2D eigenvalue weighted by atomic mass is 9.53. The molecule has 1 aromatic rings. The molecule has 4 rings (SSSR count). The Morgan fingerprint density at radius 1 is 1.09 bits per heavy atom. The Bertz CT molecular complexity index is 1010. The van der Waals surface area contributed by atoms with Crippen LogP contribution in [0.4, 0.5) is 5.69 Å². The lowest BCUT2D eigenvalue weighted by molar-refractivity contribution is -0.385. The quantitative estimate of drug-likeness (QED) is 0.197. The van der Waals surface area contributed by atoms with Gasteiger partial charge in [-0.3, -0.25) is 10.1 Å². The van der Waals surface area contributed by atoms with Crippen LogP contribution in [0, 0.1) is 39.7 Å². The van der Waals surface area contributed by atoms with Crippen molar-refractivity contribution < 1.29 is 13.8 Å². The number of benzene rings is 1. The monoisotopic (exact) mass is 485 g/mol. The molecule has 0 unspecified atom stereocenters. The molecule has 5 atom stereocenters. The highest BCUT2D eigenvalue weighted by Gasteiger charge is 2.63. The van der Waals surface area contributed by atoms with Gasteiger partial charge in [-0.2, -0.15) is 0 Å². The van der Waals surface area contributed by atoms with Crippen molar-refractivity contribution in [2.75, 3.05) is 0 Å². The van der Waals surface area contributed by atoms with Gasteiger partial charge < -0.3 is 8.85 Å². The number of hydrogen-bond acceptors (Lipinski definition) is 4. The predicted octanol–water partition coefficient (Wildman–Crippen LogP) is 6.89. The number of nitrogens with zero attached hydrogens (tertiary/aromatic N) is 1. The Balaban J connectivity index is 1.70. The highest BCUT2D eigenvalue weighted by atomic mass is 28.4. The van der Waals surface area contributed by atoms with Crippen LogP contribution in [-0.2, 0) is 10.8 Å². The smallest absolute Gasteiger partial charge is 0.309 e. The van der Waals surface area contributed by atoms with Gasteiger partial charge in [0, 0.05) is 11.5 Å². The van der Waals surface area contributed by atoms with Crippen molar-refractivity contribution in [1.29, 1.82) is 0 Å². The Morgan fingerprint density at radius 3 is 2.36 bits per heavy atom. The molecule has 2 fully saturated rings. The summed E-state index contributed by atoms with van der Waals surface area (Å²) < 4.78 is 12.9. The molecule has 0 N–H and O–H groups in total. The van der Waals surface area contributed by atoms with Crippen LogP contribution < -0.4 is 4.43 Å². The van der Waals surface area contributed by atoms with Gasteiger partial charge in [0.05, 0.1) is 4.92 Å². The molecule has 2 saturated carbocycles. The van der Waals surface area contributed by atoms with E-state index in [1.165, 1.54) is 11.1 Å². The molecule has 0 aliphatic heterocycles. The van der Waals surface area contributed by atoms with Crippen molar-refractivity contribution in [3.63, 3.8) is 0 Å². The van der Waals surface area contributed by atoms with Crippen LogP contribution in [0.5, 0.6) is 5.75 Å². The SMILES string of the molecule is C#C[C@@]1(O[Si](C)(C)C)CC[C@H]2[C@@H]3CCc4cc(O[Si](C)(C)C)c([N+](=O)[O-])cc4[C@H]3CC[C@@]21C. The fraction of sp³-hybridized carbons (Fsp3) is 0.692. The van der Waals surface area contributed by atoms with E-state index in [1.54, 1.807) is 0 Å². The Labute approximate surface area is 201 Å². The van der Waals surface area contributed by atoms with E-state index in [2.05, 4.69) is 52.1 Å². The summed E-state index contributed by atoms with van der Waals surface area (Å²) in [5.74, 6) is 4.95. The van der Waals surface area contributed by atoms with Crippen LogP contribution in [0.1, 0.15) is 56.1 Å². The van der Waals surface area contributed by atoms with Crippen LogP contribution in [0.3, 0.4) is 0 Å². The van der Waals surface area contributed by atoms with Gasteiger partial charge in [-0.1, -0.05) is 12.8 Å². The van der Waals surface area contributed by atoms with E-state index in [9.17, 15) is 10.1 Å². The highest BCUT2D eigenvalue weighted by Crippen LogP contribution is 2.65. The second-order valence-electron chi connectivity index (χ2n) is 12.6. The third-order valence-corrected chi connectivity index (χ3v) is 10.0. The first-order valence-corrected chi connectivity index (χ1v) is 19.2. The molecule has 0 bridgehead atoms. The second-order valence-corrected chi connectivity index (χ2v) is 21.4. The van der Waals surface area contributed by atoms with Gasteiger partial charge in [0.1, 0.15) is 5.60 Å². The minimum absolute atomic E-state index is 0.0342. The summed E-state index contributed by atoms with van der Waals surface area (Å²) in [6.45, 7) is 15.2. The Morgan fingerprint density at radius 2 is 1.79 bits per heavy atom. The molecular weight excluding hydrogens is 446 g/mol. The summed E-state index contributed by atoms with van der Waals surface area (Å²) >= 11 is 0. The van der Waals surface area contributed by atoms with Gasteiger partial charge >= 0.3 is 5.69 Å². The summed E-state index contributed by atoms with van der Waals surface area (Å²) in [7, 11) is -3.77. The number of fused-ring (bicyclic) bond motifs is 5. The van der Waals surface area contributed by atoms with Crippen molar-refractivity contribution in [2.24, 2.45) is 17.3 Å². The van der Waals surface area contributed by atoms with Crippen molar-refractivity contribution >= 4 is 22.3 Å². The van der Waals surface area contributed by atoms with Gasteiger partial charge in [-0.05, 0) is 113 Å². The second kappa shape index (κ2) is 7.96. The largest absolute Gasteiger partial charge is 0.540 e. The van der Waals surface area contributed by atoms with Crippen molar-refractivity contribution in [3.8, 4) is 18.1 Å². The average molecular weight is 486 g/mol. The third-order valence-electron chi connectivity index (χ3n) is 8.25. The molecule has 3 aliphatic carbocycles. The summed E-state index contributed by atoms with van der Waals surface area (Å²) in [4.78, 5) is 11.7. The Kier molecular flexibility index (Phi) is 5.91. The number of terminal acetylenes is 1. The molecule has 7 heteroatoms. The van der Waals surface area contributed by atoms with Crippen LogP contribution in [-0.4, -0.2) is 27.2 Å². The standard InChI is InChI=1S/C26H39NO4Si2/c1-9-26(31-33(6,7)8)15-13-22-20-11-10-18-16-24(30-32(3,4)5)23(27(28)29)17-21(18)19(20)12-14-25(22,26)2/h1,16-17,19-20,22H,10-15H2,2-8H3/t19-,20+,22-,25-,26+/m0/s1. The fourth-order valence-electron chi connectivity index (χ4n) is 7.10. The van der Waals surface area contributed by atoms with Gasteiger partial charge in [-0.25, -0.2) is 0 Å². The van der Waals surface area contributed by atoms with E-state index in [1.807, 2.05) is 12.1 Å². The summed E-state index contributed by atoms with van der Waals surface area (Å²) in [6.07, 6.45) is 12.3. The van der Waals surface area contributed by atoms with E-state index >= 15 is 0 Å². The molecule has 0 aromatic heterocycles. The zero-order valence-electron chi connectivity index (χ0n) is 21.3. The van der Waals surface area contributed by atoms with Gasteiger partial charge in [0.15, 0.2) is 14.1 Å². The van der Waals surface area contributed by atoms with E-state index in [0.717, 1.165) is 38.5 Å². The number of nitro benzene ring substituents is 1. The first-order chi connectivity index (χ1) is 15.2. The van der Waals surface area contributed by atoms with Crippen LogP contribution in [0.2, 0.25) is 39.3 Å². The maximum Gasteiger partial charge on any atom is 0.309 e. The molecule has 0 spiro atoms. The number of aryl methyl sites for hydroxylation is 1. The van der Waals surface area contributed by atoms with Crippen molar-refractivity contribution in [2.45, 2.75) is 96.2 Å². The topological polar surface area (TPSA) is 61.6 Å². The average Bonchev–Trinajstić information content (AvgIpc) is 2.97. The first kappa shape index (κ1) is 24.5. The van der Waals surface area contributed by atoms with E-state index < -0.39 is 22.2 Å². The molecule has 0 amide bonds. The zero-order valence-corrected chi connectivity index (χ0v) is 23.3. The molecule has 3 aliphatic rings. The third kappa shape index (κ3) is 4.19. The lowest BCUT2D eigenvalue weighted by Crippen LogP contribution is -2.54. The van der Waals surface area contributed by atoms with E-state index in [0.29, 0.717) is 23.5 Å². The van der Waals surface area contributed by atoms with Crippen molar-refractivity contribution in [1.82, 2.24) is 0 Å². The van der Waals surface area contributed by atoms with E-state index in [-0.39, 0.29) is 16.0 Å². The van der Waals surface area contributed by atoms with Crippen molar-refractivity contribution in [3.05, 3.63) is 33.4 Å². The highest BCUT2D eigenvalue weighted by molar-refractivity contribution is 6.70. The summed E-state index contributed by atoms with van der Waals surface area (Å²) in [5.41, 5.74) is 2.02. The first-order valence-electron chi connectivity index (χ1n) is 12.4. The number of rotatable bonds is 5. The van der Waals surface area contributed by atoms with Crippen LogP contribution in [0.25, 0.3) is 0 Å². The fourth-order valence-corrected chi connectivity index (χ4v) is 9.36. The minimum atomic E-state index is -1.96. The number of hydrogen-bond donors (Lipinski definition) is 0. The van der Waals surface area contributed by atoms with Gasteiger partial charge in [0.2, 0.25) is 8.32 Å². The normalized spacial score (nSPS) is 33.5. The summed E-state index contributed by atoms with van der Waals surface area (Å²) in [6, 6.07) is 3.82. The van der Waals surface area contributed by atoms with Crippen LogP contribution >= 0.6 is 0 Å². The molecule has 33 heavy (non-hydrogen) atoms. The minimum Gasteiger partial charge on any atom is -0.540 e. The molecule has 0 heterocycles. The molecule has 1 aromatic carbocycles. The zero-order chi connectivity index (χ0) is 24.4. The molecule has 0 radical (unpaired) electrons. The molecular formula is C26H39NO4Si2. The lowest BCUT2D eigenvalue weighted by Gasteiger charge is -2.54. The molecule has 180 valence electrons. The Hall–Kier alpha value is -1.63. The summed E-state index contributed by atoms with van der Waals surface area (Å²) in [5, 5.41) is 12.0. The maximum absolute atomic E-state index is 12.0. The predicted molar refractivity (Wildman–Crippen MR) is 138 cm³/mol. The number of nitro groups is 1.